The van der Waals surface area contributed by atoms with Crippen molar-refractivity contribution < 1.29 is 23.9 Å². The van der Waals surface area contributed by atoms with E-state index in [1.165, 1.54) is 12.5 Å². The van der Waals surface area contributed by atoms with Crippen molar-refractivity contribution in [1.82, 2.24) is 0 Å². The van der Waals surface area contributed by atoms with E-state index in [0.717, 1.165) is 56.8 Å². The molecule has 3 saturated carbocycles. The largest absolute Gasteiger partial charge is 0.469 e. The SMILES string of the molecule is COC(=O)C12CC[C@@H](C)[C@H](C)C1C1=CCC3[C@@]4(C)C(C=O)=CC(C)(COC(C)=O)C4CC[C@@]3(C)[C@]1(C)CC2. The molecule has 5 aliphatic carbocycles. The van der Waals surface area contributed by atoms with E-state index in [2.05, 4.69) is 53.7 Å². The van der Waals surface area contributed by atoms with E-state index >= 15 is 0 Å². The molecule has 0 spiro atoms. The second kappa shape index (κ2) is 8.80. The zero-order valence-electron chi connectivity index (χ0n) is 24.8. The van der Waals surface area contributed by atoms with E-state index in [4.69, 9.17) is 9.47 Å². The highest BCUT2D eigenvalue weighted by Gasteiger charge is 2.70. The Morgan fingerprint density at radius 1 is 1.03 bits per heavy atom. The number of ether oxygens (including phenoxy) is 2. The molecular formula is C33H48O5. The second-order valence-corrected chi connectivity index (χ2v) is 14.6. The molecule has 0 aromatic carbocycles. The van der Waals surface area contributed by atoms with E-state index in [1.54, 1.807) is 7.11 Å². The lowest BCUT2D eigenvalue weighted by atomic mass is 9.35. The lowest BCUT2D eigenvalue weighted by Gasteiger charge is -2.69. The van der Waals surface area contributed by atoms with Crippen LogP contribution in [0.4, 0.5) is 0 Å². The summed E-state index contributed by atoms with van der Waals surface area (Å²) in [5, 5.41) is 0. The molecule has 5 rings (SSSR count). The van der Waals surface area contributed by atoms with Gasteiger partial charge in [-0.25, -0.2) is 0 Å². The Bertz CT molecular complexity index is 1100. The average Bonchev–Trinajstić information content (AvgIpc) is 3.11. The van der Waals surface area contributed by atoms with Gasteiger partial charge in [0.2, 0.25) is 0 Å². The maximum Gasteiger partial charge on any atom is 0.312 e. The number of rotatable bonds is 4. The molecule has 0 heterocycles. The molecule has 10 atom stereocenters. The summed E-state index contributed by atoms with van der Waals surface area (Å²) in [6.07, 6.45) is 12.5. The van der Waals surface area contributed by atoms with Gasteiger partial charge in [0.1, 0.15) is 12.9 Å². The number of carbonyl (C=O) groups excluding carboxylic acids is 3. The van der Waals surface area contributed by atoms with Gasteiger partial charge in [-0.15, -0.1) is 0 Å². The number of methoxy groups -OCH3 is 1. The number of hydrogen-bond acceptors (Lipinski definition) is 5. The van der Waals surface area contributed by atoms with Crippen molar-refractivity contribution in [2.45, 2.75) is 93.4 Å². The van der Waals surface area contributed by atoms with Crippen LogP contribution in [0.2, 0.25) is 0 Å². The smallest absolute Gasteiger partial charge is 0.312 e. The van der Waals surface area contributed by atoms with Gasteiger partial charge >= 0.3 is 11.9 Å². The lowest BCUT2D eigenvalue weighted by molar-refractivity contribution is -0.177. The highest BCUT2D eigenvalue weighted by atomic mass is 16.5. The second-order valence-electron chi connectivity index (χ2n) is 14.6. The van der Waals surface area contributed by atoms with Gasteiger partial charge in [-0.1, -0.05) is 59.3 Å². The van der Waals surface area contributed by atoms with Gasteiger partial charge in [-0.3, -0.25) is 14.4 Å². The van der Waals surface area contributed by atoms with Crippen molar-refractivity contribution in [3.63, 3.8) is 0 Å². The van der Waals surface area contributed by atoms with Crippen LogP contribution in [-0.4, -0.2) is 31.9 Å². The fraction of sp³-hybridized carbons (Fsp3) is 0.788. The van der Waals surface area contributed by atoms with Crippen LogP contribution in [0.5, 0.6) is 0 Å². The van der Waals surface area contributed by atoms with Gasteiger partial charge in [0.25, 0.3) is 0 Å². The molecule has 0 saturated heterocycles. The fourth-order valence-electron chi connectivity index (χ4n) is 10.9. The molecule has 5 nitrogen and oxygen atoms in total. The van der Waals surface area contributed by atoms with Crippen LogP contribution in [0.15, 0.2) is 23.3 Å². The van der Waals surface area contributed by atoms with Gasteiger partial charge in [0.15, 0.2) is 0 Å². The summed E-state index contributed by atoms with van der Waals surface area (Å²) in [5.74, 6) is 1.46. The quantitative estimate of drug-likeness (QED) is 0.232. The van der Waals surface area contributed by atoms with Gasteiger partial charge in [-0.05, 0) is 90.9 Å². The van der Waals surface area contributed by atoms with Crippen molar-refractivity contribution in [3.8, 4) is 0 Å². The molecule has 0 aromatic rings. The maximum atomic E-state index is 13.4. The molecule has 3 fully saturated rings. The molecule has 0 amide bonds. The standard InChI is InChI=1S/C33H48O5/c1-20-11-14-33(28(36)37-8)16-15-30(5)24(27(33)21(20)2)9-10-26-31(30,6)13-12-25-29(4,19-38-22(3)35)17-23(18-34)32(25,26)7/h9,17-18,20-21,25-27H,10-16,19H2,1-8H3/t20-,21+,25?,26?,27?,29?,30-,31-,32+,33?/m1/s1. The summed E-state index contributed by atoms with van der Waals surface area (Å²) in [6.45, 7) is 15.9. The van der Waals surface area contributed by atoms with Crippen LogP contribution in [-0.2, 0) is 23.9 Å². The third-order valence-corrected chi connectivity index (χ3v) is 13.3. The Hall–Kier alpha value is -1.91. The summed E-state index contributed by atoms with van der Waals surface area (Å²) in [4.78, 5) is 37.8. The van der Waals surface area contributed by atoms with Crippen LogP contribution in [0.25, 0.3) is 0 Å². The predicted molar refractivity (Wildman–Crippen MR) is 147 cm³/mol. The van der Waals surface area contributed by atoms with Crippen LogP contribution >= 0.6 is 0 Å². The first kappa shape index (κ1) is 27.6. The molecule has 5 unspecified atom stereocenters. The lowest BCUT2D eigenvalue weighted by Crippen LogP contribution is -2.63. The van der Waals surface area contributed by atoms with E-state index in [9.17, 15) is 14.4 Å². The van der Waals surface area contributed by atoms with Crippen LogP contribution in [0.3, 0.4) is 0 Å². The molecular weight excluding hydrogens is 476 g/mol. The third-order valence-electron chi connectivity index (χ3n) is 13.3. The van der Waals surface area contributed by atoms with Crippen molar-refractivity contribution in [1.29, 1.82) is 0 Å². The zero-order valence-corrected chi connectivity index (χ0v) is 24.8. The van der Waals surface area contributed by atoms with Crippen LogP contribution in [0.1, 0.15) is 93.4 Å². The molecule has 0 aromatic heterocycles. The van der Waals surface area contributed by atoms with Gasteiger partial charge in [0.05, 0.1) is 12.5 Å². The Balaban J connectivity index is 1.60. The normalized spacial score (nSPS) is 49.3. The molecule has 0 aliphatic heterocycles. The van der Waals surface area contributed by atoms with E-state index < -0.39 is 5.41 Å². The highest BCUT2D eigenvalue weighted by Crippen LogP contribution is 2.76. The topological polar surface area (TPSA) is 69.7 Å². The number of hydrogen-bond donors (Lipinski definition) is 0. The Kier molecular flexibility index (Phi) is 6.40. The Morgan fingerprint density at radius 3 is 2.37 bits per heavy atom. The van der Waals surface area contributed by atoms with E-state index in [-0.39, 0.29) is 45.4 Å². The Morgan fingerprint density at radius 2 is 1.74 bits per heavy atom. The van der Waals surface area contributed by atoms with Crippen LogP contribution in [0, 0.1) is 56.7 Å². The molecule has 0 radical (unpaired) electrons. The first-order chi connectivity index (χ1) is 17.7. The molecule has 210 valence electrons. The first-order valence-electron chi connectivity index (χ1n) is 14.9. The van der Waals surface area contributed by atoms with Gasteiger partial charge in [-0.2, -0.15) is 0 Å². The number of esters is 2. The predicted octanol–water partition coefficient (Wildman–Crippen LogP) is 6.71. The van der Waals surface area contributed by atoms with Gasteiger partial charge in [0, 0.05) is 17.8 Å². The summed E-state index contributed by atoms with van der Waals surface area (Å²) in [5.41, 5.74) is 1.29. The van der Waals surface area contributed by atoms with E-state index in [1.807, 2.05) is 0 Å². The van der Waals surface area contributed by atoms with Crippen molar-refractivity contribution in [2.75, 3.05) is 13.7 Å². The third kappa shape index (κ3) is 3.32. The number of allylic oxidation sites excluding steroid dienone is 3. The highest BCUT2D eigenvalue weighted by molar-refractivity contribution is 5.79. The van der Waals surface area contributed by atoms with Crippen molar-refractivity contribution >= 4 is 18.2 Å². The minimum absolute atomic E-state index is 0.000198. The number of carbonyl (C=O) groups is 3. The minimum atomic E-state index is -0.417. The van der Waals surface area contributed by atoms with Gasteiger partial charge < -0.3 is 9.47 Å². The fourth-order valence-corrected chi connectivity index (χ4v) is 10.9. The summed E-state index contributed by atoms with van der Waals surface area (Å²) >= 11 is 0. The zero-order chi connectivity index (χ0) is 27.9. The summed E-state index contributed by atoms with van der Waals surface area (Å²) < 4.78 is 11.0. The molecule has 0 N–H and O–H groups in total. The molecule has 5 aliphatic rings. The van der Waals surface area contributed by atoms with Crippen molar-refractivity contribution in [3.05, 3.63) is 23.3 Å². The molecule has 38 heavy (non-hydrogen) atoms. The van der Waals surface area contributed by atoms with Crippen molar-refractivity contribution in [2.24, 2.45) is 56.7 Å². The monoisotopic (exact) mass is 524 g/mol. The number of aldehydes is 1. The molecule has 0 bridgehead atoms. The molecule has 5 heteroatoms. The summed E-state index contributed by atoms with van der Waals surface area (Å²) in [7, 11) is 1.56. The summed E-state index contributed by atoms with van der Waals surface area (Å²) in [6, 6.07) is 0. The van der Waals surface area contributed by atoms with E-state index in [0.29, 0.717) is 24.4 Å². The minimum Gasteiger partial charge on any atom is -0.469 e. The van der Waals surface area contributed by atoms with Crippen LogP contribution < -0.4 is 0 Å². The Labute approximate surface area is 229 Å². The average molecular weight is 525 g/mol. The maximum absolute atomic E-state index is 13.4. The first-order valence-corrected chi connectivity index (χ1v) is 14.9. The number of fused-ring (bicyclic) bond motifs is 7.